The average molecular weight is 763 g/mol. The molecule has 0 spiro atoms. The molecule has 60 heavy (non-hydrogen) atoms. The van der Waals surface area contributed by atoms with Gasteiger partial charge in [0.05, 0.1) is 22.7 Å². The zero-order valence-electron chi connectivity index (χ0n) is 32.8. The van der Waals surface area contributed by atoms with Crippen LogP contribution in [0.2, 0.25) is 0 Å². The summed E-state index contributed by atoms with van der Waals surface area (Å²) in [6, 6.07) is 84.4. The minimum Gasteiger partial charge on any atom is -0.309 e. The van der Waals surface area contributed by atoms with E-state index in [2.05, 4.69) is 240 Å². The van der Waals surface area contributed by atoms with Crippen molar-refractivity contribution in [3.8, 4) is 0 Å². The summed E-state index contributed by atoms with van der Waals surface area (Å²) in [7, 11) is 0. The van der Waals surface area contributed by atoms with E-state index >= 15 is 0 Å². The van der Waals surface area contributed by atoms with Crippen molar-refractivity contribution in [2.45, 2.75) is 0 Å². The lowest BCUT2D eigenvalue weighted by atomic mass is 9.87. The van der Waals surface area contributed by atoms with E-state index in [4.69, 9.17) is 0 Å². The van der Waals surface area contributed by atoms with E-state index in [0.29, 0.717) is 0 Å². The Morgan fingerprint density at radius 2 is 0.517 bits per heavy atom. The highest BCUT2D eigenvalue weighted by atomic mass is 15.2. The van der Waals surface area contributed by atoms with Crippen LogP contribution >= 0.6 is 0 Å². The topological polar surface area (TPSA) is 6.48 Å². The summed E-state index contributed by atoms with van der Waals surface area (Å²) in [4.78, 5) is 4.93. The summed E-state index contributed by atoms with van der Waals surface area (Å²) >= 11 is 0. The molecule has 2 nitrogen and oxygen atoms in total. The van der Waals surface area contributed by atoms with Crippen molar-refractivity contribution in [1.29, 1.82) is 0 Å². The maximum atomic E-state index is 2.46. The van der Waals surface area contributed by atoms with Crippen molar-refractivity contribution in [2.24, 2.45) is 0 Å². The first-order valence-electron chi connectivity index (χ1n) is 20.7. The Labute approximate surface area is 348 Å². The van der Waals surface area contributed by atoms with Gasteiger partial charge < -0.3 is 9.80 Å². The van der Waals surface area contributed by atoms with Gasteiger partial charge in [0.25, 0.3) is 0 Å². The van der Waals surface area contributed by atoms with Crippen molar-refractivity contribution < 1.29 is 0 Å². The van der Waals surface area contributed by atoms with Crippen LogP contribution in [-0.4, -0.2) is 0 Å². The van der Waals surface area contributed by atoms with Crippen molar-refractivity contribution in [3.63, 3.8) is 0 Å². The number of para-hydroxylation sites is 2. The molecule has 12 aromatic carbocycles. The van der Waals surface area contributed by atoms with Crippen LogP contribution in [0.15, 0.2) is 231 Å². The molecule has 0 aliphatic rings. The van der Waals surface area contributed by atoms with E-state index < -0.39 is 0 Å². The molecule has 0 N–H and O–H groups in total. The number of nitrogens with zero attached hydrogens (tertiary/aromatic N) is 2. The van der Waals surface area contributed by atoms with Gasteiger partial charge in [-0.2, -0.15) is 0 Å². The van der Waals surface area contributed by atoms with Crippen molar-refractivity contribution in [3.05, 3.63) is 231 Å². The molecule has 2 heteroatoms. The second-order valence-electron chi connectivity index (χ2n) is 15.6. The highest BCUT2D eigenvalue weighted by Gasteiger charge is 2.24. The third-order valence-corrected chi connectivity index (χ3v) is 12.3. The Morgan fingerprint density at radius 3 is 0.933 bits per heavy atom. The van der Waals surface area contributed by atoms with Gasteiger partial charge in [-0.15, -0.1) is 0 Å². The predicted molar refractivity (Wildman–Crippen MR) is 258 cm³/mol. The molecule has 0 fully saturated rings. The SMILES string of the molecule is c1ccc(N(c2cccc3ccccc23)c2cc3c4ccccc4c4cc(N(c5ccccc5)c5cccc6ccccc56)c5ccccc5c4c3c3ccccc23)cc1. The van der Waals surface area contributed by atoms with E-state index in [-0.39, 0.29) is 0 Å². The van der Waals surface area contributed by atoms with Gasteiger partial charge in [0, 0.05) is 32.9 Å². The summed E-state index contributed by atoms with van der Waals surface area (Å²) in [5.74, 6) is 0. The van der Waals surface area contributed by atoms with Crippen LogP contribution in [0.3, 0.4) is 0 Å². The maximum Gasteiger partial charge on any atom is 0.0546 e. The minimum atomic E-state index is 1.12. The third-order valence-electron chi connectivity index (χ3n) is 12.3. The highest BCUT2D eigenvalue weighted by Crippen LogP contribution is 2.51. The molecule has 0 bridgehead atoms. The Bertz CT molecular complexity index is 3360. The number of fused-ring (bicyclic) bond motifs is 12. The van der Waals surface area contributed by atoms with Crippen LogP contribution in [0.5, 0.6) is 0 Å². The maximum absolute atomic E-state index is 2.46. The van der Waals surface area contributed by atoms with E-state index in [1.165, 1.54) is 75.4 Å². The molecule has 12 rings (SSSR count). The number of anilines is 6. The van der Waals surface area contributed by atoms with Gasteiger partial charge >= 0.3 is 0 Å². The monoisotopic (exact) mass is 762 g/mol. The summed E-state index contributed by atoms with van der Waals surface area (Å²) < 4.78 is 0. The Morgan fingerprint density at radius 1 is 0.200 bits per heavy atom. The fourth-order valence-electron chi connectivity index (χ4n) is 9.78. The van der Waals surface area contributed by atoms with Gasteiger partial charge in [-0.25, -0.2) is 0 Å². The van der Waals surface area contributed by atoms with Crippen LogP contribution in [0.4, 0.5) is 34.1 Å². The van der Waals surface area contributed by atoms with E-state index in [1.54, 1.807) is 0 Å². The van der Waals surface area contributed by atoms with Gasteiger partial charge in [0.15, 0.2) is 0 Å². The molecule has 0 aliphatic heterocycles. The molecule has 0 amide bonds. The molecular formula is C58H38N2. The molecule has 12 aromatic rings. The van der Waals surface area contributed by atoms with Crippen LogP contribution in [0.25, 0.3) is 75.4 Å². The molecule has 0 atom stereocenters. The number of hydrogen-bond donors (Lipinski definition) is 0. The molecule has 0 aromatic heterocycles. The summed E-state index contributed by atoms with van der Waals surface area (Å²) in [6.07, 6.45) is 0. The molecule has 0 unspecified atom stereocenters. The van der Waals surface area contributed by atoms with Gasteiger partial charge in [-0.1, -0.05) is 182 Å². The number of benzene rings is 12. The zero-order valence-corrected chi connectivity index (χ0v) is 32.8. The molecule has 0 saturated heterocycles. The highest BCUT2D eigenvalue weighted by molar-refractivity contribution is 6.39. The molecule has 0 saturated carbocycles. The summed E-state index contributed by atoms with van der Waals surface area (Å²) in [6.45, 7) is 0. The normalized spacial score (nSPS) is 11.7. The van der Waals surface area contributed by atoms with Gasteiger partial charge in [0.2, 0.25) is 0 Å². The second-order valence-corrected chi connectivity index (χ2v) is 15.6. The quantitative estimate of drug-likeness (QED) is 0.156. The van der Waals surface area contributed by atoms with Gasteiger partial charge in [0.1, 0.15) is 0 Å². The first-order chi connectivity index (χ1) is 29.8. The van der Waals surface area contributed by atoms with Crippen LogP contribution in [-0.2, 0) is 0 Å². The standard InChI is InChI=1S/C58H38N2/c1-3-23-41(24-4-1)59(53-35-17-21-39-19-7-9-27-43(39)53)55-37-51-45-29-11-12-30-46(45)52-38-56(48-32-14-16-34-50(48)58(52)57(51)49-33-15-13-31-47(49)55)60(42-25-5-2-6-26-42)54-36-18-22-40-20-8-10-28-44(40)54/h1-38H. The van der Waals surface area contributed by atoms with E-state index in [1.807, 2.05) is 0 Å². The van der Waals surface area contributed by atoms with Crippen molar-refractivity contribution >= 4 is 110 Å². The van der Waals surface area contributed by atoms with Crippen molar-refractivity contribution in [1.82, 2.24) is 0 Å². The van der Waals surface area contributed by atoms with Crippen molar-refractivity contribution in [2.75, 3.05) is 9.80 Å². The fourth-order valence-corrected chi connectivity index (χ4v) is 9.78. The predicted octanol–water partition coefficient (Wildman–Crippen LogP) is 16.7. The zero-order chi connectivity index (χ0) is 39.6. The van der Waals surface area contributed by atoms with E-state index in [0.717, 1.165) is 34.1 Å². The molecule has 280 valence electrons. The van der Waals surface area contributed by atoms with Crippen LogP contribution in [0, 0.1) is 0 Å². The first-order valence-corrected chi connectivity index (χ1v) is 20.7. The van der Waals surface area contributed by atoms with Crippen LogP contribution < -0.4 is 9.80 Å². The lowest BCUT2D eigenvalue weighted by molar-refractivity contribution is 1.32. The van der Waals surface area contributed by atoms with Gasteiger partial charge in [-0.3, -0.25) is 0 Å². The molecule has 0 radical (unpaired) electrons. The first kappa shape index (κ1) is 34.1. The fraction of sp³-hybridized carbons (Fsp3) is 0. The Kier molecular flexibility index (Phi) is 7.89. The lowest BCUT2D eigenvalue weighted by Crippen LogP contribution is -2.11. The second kappa shape index (κ2) is 13.9. The number of hydrogen-bond acceptors (Lipinski definition) is 2. The third kappa shape index (κ3) is 5.28. The molecular weight excluding hydrogens is 725 g/mol. The molecule has 0 heterocycles. The minimum absolute atomic E-state index is 1.12. The lowest BCUT2D eigenvalue weighted by Gasteiger charge is -2.30. The number of rotatable bonds is 6. The molecule has 0 aliphatic carbocycles. The summed E-state index contributed by atoms with van der Waals surface area (Å²) in [5.41, 5.74) is 6.84. The van der Waals surface area contributed by atoms with Gasteiger partial charge in [-0.05, 0) is 102 Å². The Balaban J connectivity index is 1.23. The largest absolute Gasteiger partial charge is 0.309 e. The van der Waals surface area contributed by atoms with E-state index in [9.17, 15) is 0 Å². The Hall–Kier alpha value is -7.94. The average Bonchev–Trinajstić information content (AvgIpc) is 3.32. The summed E-state index contributed by atoms with van der Waals surface area (Å²) in [5, 5.41) is 17.2. The smallest absolute Gasteiger partial charge is 0.0546 e. The van der Waals surface area contributed by atoms with Crippen LogP contribution in [0.1, 0.15) is 0 Å².